The zero-order chi connectivity index (χ0) is 30.6. The highest BCUT2D eigenvalue weighted by Crippen LogP contribution is 2.40. The van der Waals surface area contributed by atoms with Gasteiger partial charge in [0, 0.05) is 42.8 Å². The van der Waals surface area contributed by atoms with Gasteiger partial charge in [-0.1, -0.05) is 20.8 Å². The minimum atomic E-state index is -0.785. The summed E-state index contributed by atoms with van der Waals surface area (Å²) in [7, 11) is 3.26. The summed E-state index contributed by atoms with van der Waals surface area (Å²) in [6.07, 6.45) is 3.35. The second-order valence-corrected chi connectivity index (χ2v) is 11.7. The van der Waals surface area contributed by atoms with Crippen LogP contribution in [0.2, 0.25) is 0 Å². The summed E-state index contributed by atoms with van der Waals surface area (Å²) in [6, 6.07) is 9.48. The van der Waals surface area contributed by atoms with Crippen molar-refractivity contribution in [1.82, 2.24) is 20.2 Å². The van der Waals surface area contributed by atoms with Crippen molar-refractivity contribution in [3.63, 3.8) is 0 Å². The molecule has 0 radical (unpaired) electrons. The lowest BCUT2D eigenvalue weighted by atomic mass is 9.83. The molecule has 42 heavy (non-hydrogen) atoms. The first kappa shape index (κ1) is 30.7. The van der Waals surface area contributed by atoms with E-state index >= 15 is 0 Å². The molecule has 1 aliphatic rings. The number of hydrogen-bond donors (Lipinski definition) is 3. The van der Waals surface area contributed by atoms with Crippen molar-refractivity contribution in [2.75, 3.05) is 42.8 Å². The fourth-order valence-electron chi connectivity index (χ4n) is 5.20. The Kier molecular flexibility index (Phi) is 9.30. The van der Waals surface area contributed by atoms with Crippen LogP contribution in [0.25, 0.3) is 10.9 Å². The number of rotatable bonds is 9. The van der Waals surface area contributed by atoms with Crippen molar-refractivity contribution < 1.29 is 19.1 Å². The molecule has 224 valence electrons. The van der Waals surface area contributed by atoms with E-state index in [4.69, 9.17) is 4.74 Å². The molecule has 0 unspecified atom stereocenters. The van der Waals surface area contributed by atoms with Gasteiger partial charge >= 0.3 is 0 Å². The predicted molar refractivity (Wildman–Crippen MR) is 165 cm³/mol. The number of anilines is 4. The number of fused-ring (bicyclic) bond motifs is 1. The third-order valence-electron chi connectivity index (χ3n) is 7.43. The van der Waals surface area contributed by atoms with E-state index in [0.29, 0.717) is 46.9 Å². The Balaban J connectivity index is 1.86. The minimum Gasteiger partial charge on any atom is -0.494 e. The van der Waals surface area contributed by atoms with Gasteiger partial charge < -0.3 is 25.6 Å². The average molecular weight is 576 g/mol. The van der Waals surface area contributed by atoms with E-state index in [2.05, 4.69) is 25.9 Å². The lowest BCUT2D eigenvalue weighted by Gasteiger charge is -2.42. The fourth-order valence-corrected chi connectivity index (χ4v) is 5.20. The van der Waals surface area contributed by atoms with E-state index in [1.165, 1.54) is 13.3 Å². The van der Waals surface area contributed by atoms with Crippen LogP contribution in [0.4, 0.5) is 22.9 Å². The van der Waals surface area contributed by atoms with Crippen LogP contribution in [-0.2, 0) is 14.4 Å². The Labute approximate surface area is 247 Å². The maximum absolute atomic E-state index is 14.1. The summed E-state index contributed by atoms with van der Waals surface area (Å²) in [5.41, 5.74) is 1.90. The van der Waals surface area contributed by atoms with Crippen LogP contribution < -0.4 is 25.6 Å². The van der Waals surface area contributed by atoms with Crippen LogP contribution >= 0.6 is 0 Å². The first-order valence-corrected chi connectivity index (χ1v) is 14.2. The molecule has 1 aromatic heterocycles. The van der Waals surface area contributed by atoms with E-state index in [-0.39, 0.29) is 17.7 Å². The molecule has 1 saturated heterocycles. The van der Waals surface area contributed by atoms with E-state index in [1.54, 1.807) is 44.2 Å². The Hall–Kier alpha value is -4.25. The summed E-state index contributed by atoms with van der Waals surface area (Å²) < 4.78 is 5.81. The summed E-state index contributed by atoms with van der Waals surface area (Å²) in [6.45, 7) is 10.5. The van der Waals surface area contributed by atoms with Crippen LogP contribution in [0.3, 0.4) is 0 Å². The molecule has 3 amide bonds. The summed E-state index contributed by atoms with van der Waals surface area (Å²) in [5, 5.41) is 9.77. The number of nitrogens with one attached hydrogen (secondary N) is 3. The molecule has 2 atom stereocenters. The lowest BCUT2D eigenvalue weighted by Crippen LogP contribution is -2.59. The molecule has 3 N–H and O–H groups in total. The topological polar surface area (TPSA) is 129 Å². The number of methoxy groups -OCH3 is 1. The molecule has 0 saturated carbocycles. The number of likely N-dealkylation sites (N-methyl/N-ethyl adjacent to an activating group) is 1. The van der Waals surface area contributed by atoms with Crippen LogP contribution in [0, 0.1) is 5.41 Å². The van der Waals surface area contributed by atoms with Crippen molar-refractivity contribution in [3.05, 3.63) is 42.7 Å². The van der Waals surface area contributed by atoms with Gasteiger partial charge in [-0.2, -0.15) is 0 Å². The first-order chi connectivity index (χ1) is 19.9. The van der Waals surface area contributed by atoms with Crippen molar-refractivity contribution in [2.24, 2.45) is 5.41 Å². The zero-order valence-corrected chi connectivity index (χ0v) is 25.4. The second-order valence-electron chi connectivity index (χ2n) is 11.7. The largest absolute Gasteiger partial charge is 0.494 e. The van der Waals surface area contributed by atoms with Gasteiger partial charge in [-0.3, -0.25) is 19.3 Å². The number of nitrogens with zero attached hydrogens (tertiary/aromatic N) is 4. The highest BCUT2D eigenvalue weighted by Gasteiger charge is 2.44. The highest BCUT2D eigenvalue weighted by molar-refractivity contribution is 6.07. The van der Waals surface area contributed by atoms with Crippen LogP contribution in [0.15, 0.2) is 42.7 Å². The maximum Gasteiger partial charge on any atom is 0.246 e. The number of carbonyl (C=O) groups excluding carboxylic acids is 3. The molecule has 2 aromatic carbocycles. The van der Waals surface area contributed by atoms with Gasteiger partial charge in [0.05, 0.1) is 24.4 Å². The average Bonchev–Trinajstić information content (AvgIpc) is 3.50. The highest BCUT2D eigenvalue weighted by atomic mass is 16.5. The van der Waals surface area contributed by atoms with E-state index < -0.39 is 17.5 Å². The van der Waals surface area contributed by atoms with Gasteiger partial charge in [-0.05, 0) is 62.6 Å². The number of carbonyl (C=O) groups is 3. The van der Waals surface area contributed by atoms with E-state index in [1.807, 2.05) is 43.9 Å². The molecule has 0 bridgehead atoms. The quantitative estimate of drug-likeness (QED) is 0.344. The van der Waals surface area contributed by atoms with E-state index in [9.17, 15) is 14.4 Å². The zero-order valence-electron chi connectivity index (χ0n) is 25.4. The molecular formula is C31H41N7O4. The predicted octanol–water partition coefficient (Wildman–Crippen LogP) is 4.32. The number of aromatic nitrogens is 2. The normalized spacial score (nSPS) is 14.8. The SMILES string of the molecule is CN[C@@H](C)C(=O)N(c1cc2c(Nc3ccc(NC(C)=O)cc3)ncnc2cc1OC)[C@H](C(=O)N1CCCC1)C(C)(C)C. The molecule has 3 aromatic rings. The number of amides is 3. The van der Waals surface area contributed by atoms with Gasteiger partial charge in [0.15, 0.2) is 0 Å². The molecule has 1 aliphatic heterocycles. The molecular weight excluding hydrogens is 534 g/mol. The van der Waals surface area contributed by atoms with Gasteiger partial charge in [0.1, 0.15) is 23.9 Å². The smallest absolute Gasteiger partial charge is 0.246 e. The second kappa shape index (κ2) is 12.7. The maximum atomic E-state index is 14.1. The molecule has 0 aliphatic carbocycles. The van der Waals surface area contributed by atoms with Gasteiger partial charge in [-0.15, -0.1) is 0 Å². The Morgan fingerprint density at radius 2 is 1.67 bits per heavy atom. The van der Waals surface area contributed by atoms with E-state index in [0.717, 1.165) is 18.5 Å². The lowest BCUT2D eigenvalue weighted by molar-refractivity contribution is -0.136. The summed E-state index contributed by atoms with van der Waals surface area (Å²) in [4.78, 5) is 52.0. The van der Waals surface area contributed by atoms with Gasteiger partial charge in [0.25, 0.3) is 0 Å². The molecule has 2 heterocycles. The number of ether oxygens (including phenoxy) is 1. The fraction of sp³-hybridized carbons (Fsp3) is 0.452. The van der Waals surface area contributed by atoms with Crippen LogP contribution in [0.1, 0.15) is 47.5 Å². The molecule has 1 fully saturated rings. The van der Waals surface area contributed by atoms with Crippen molar-refractivity contribution in [3.8, 4) is 5.75 Å². The van der Waals surface area contributed by atoms with Crippen LogP contribution in [-0.4, -0.2) is 71.9 Å². The standard InChI is InChI=1S/C31H41N7O4/c1-19(32-6)29(40)38(27(31(3,4)5)30(41)37-14-8-9-15-37)25-16-23-24(17-26(25)42-7)33-18-34-28(23)36-22-12-10-21(11-13-22)35-20(2)39/h10-13,16-19,27,32H,8-9,14-15H2,1-7H3,(H,35,39)(H,33,34,36)/t19-,27+/m0/s1. The van der Waals surface area contributed by atoms with Crippen molar-refractivity contribution in [2.45, 2.75) is 59.5 Å². The minimum absolute atomic E-state index is 0.0827. The number of hydrogen-bond acceptors (Lipinski definition) is 8. The molecule has 11 heteroatoms. The Morgan fingerprint density at radius 3 is 2.24 bits per heavy atom. The third kappa shape index (κ3) is 6.62. The van der Waals surface area contributed by atoms with Crippen LogP contribution in [0.5, 0.6) is 5.75 Å². The molecule has 11 nitrogen and oxygen atoms in total. The number of benzene rings is 2. The first-order valence-electron chi connectivity index (χ1n) is 14.2. The number of likely N-dealkylation sites (tertiary alicyclic amines) is 1. The monoisotopic (exact) mass is 575 g/mol. The molecule has 0 spiro atoms. The van der Waals surface area contributed by atoms with Gasteiger partial charge in [0.2, 0.25) is 17.7 Å². The summed E-state index contributed by atoms with van der Waals surface area (Å²) >= 11 is 0. The van der Waals surface area contributed by atoms with Crippen molar-refractivity contribution >= 4 is 51.5 Å². The van der Waals surface area contributed by atoms with Crippen molar-refractivity contribution in [1.29, 1.82) is 0 Å². The Bertz CT molecular complexity index is 1450. The Morgan fingerprint density at radius 1 is 1.02 bits per heavy atom. The third-order valence-corrected chi connectivity index (χ3v) is 7.43. The molecule has 4 rings (SSSR count). The summed E-state index contributed by atoms with van der Waals surface area (Å²) in [5.74, 6) is 0.459. The van der Waals surface area contributed by atoms with Gasteiger partial charge in [-0.25, -0.2) is 9.97 Å².